The first-order chi connectivity index (χ1) is 8.97. The van der Waals surface area contributed by atoms with Crippen LogP contribution in [0.15, 0.2) is 36.4 Å². The third-order valence-electron chi connectivity index (χ3n) is 2.61. The molecule has 0 aliphatic carbocycles. The molecule has 1 amide bonds. The number of carbonyl (C=O) groups excluding carboxylic acids is 1. The Morgan fingerprint density at radius 3 is 2.68 bits per heavy atom. The van der Waals surface area contributed by atoms with Crippen LogP contribution in [-0.2, 0) is 0 Å². The monoisotopic (exact) mass is 278 g/mol. The van der Waals surface area contributed by atoms with Gasteiger partial charge in [0.05, 0.1) is 16.3 Å². The number of anilines is 2. The number of aryl methyl sites for hydroxylation is 1. The van der Waals surface area contributed by atoms with E-state index in [4.69, 9.17) is 17.3 Å². The molecular weight excluding hydrogens is 267 g/mol. The Bertz CT molecular complexity index is 643. The van der Waals surface area contributed by atoms with Gasteiger partial charge in [-0.2, -0.15) is 0 Å². The average molecular weight is 279 g/mol. The second kappa shape index (κ2) is 5.28. The van der Waals surface area contributed by atoms with Crippen LogP contribution >= 0.6 is 11.6 Å². The number of carbonyl (C=O) groups is 1. The lowest BCUT2D eigenvalue weighted by Crippen LogP contribution is -2.14. The van der Waals surface area contributed by atoms with Crippen molar-refractivity contribution in [2.45, 2.75) is 6.92 Å². The van der Waals surface area contributed by atoms with Crippen LogP contribution in [0.3, 0.4) is 0 Å². The topological polar surface area (TPSA) is 55.1 Å². The van der Waals surface area contributed by atoms with Gasteiger partial charge < -0.3 is 11.1 Å². The summed E-state index contributed by atoms with van der Waals surface area (Å²) in [5.41, 5.74) is 7.13. The number of rotatable bonds is 2. The quantitative estimate of drug-likeness (QED) is 0.824. The van der Waals surface area contributed by atoms with Crippen molar-refractivity contribution in [2.24, 2.45) is 0 Å². The fourth-order valence-corrected chi connectivity index (χ4v) is 1.80. The largest absolute Gasteiger partial charge is 0.399 e. The molecule has 0 aromatic heterocycles. The Kier molecular flexibility index (Phi) is 3.71. The molecule has 0 heterocycles. The second-order valence-electron chi connectivity index (χ2n) is 4.18. The van der Waals surface area contributed by atoms with E-state index in [2.05, 4.69) is 5.32 Å². The first-order valence-corrected chi connectivity index (χ1v) is 5.97. The van der Waals surface area contributed by atoms with E-state index in [0.29, 0.717) is 16.4 Å². The molecule has 0 aliphatic rings. The fourth-order valence-electron chi connectivity index (χ4n) is 1.63. The Morgan fingerprint density at radius 2 is 2.00 bits per heavy atom. The number of amides is 1. The highest BCUT2D eigenvalue weighted by Gasteiger charge is 2.13. The summed E-state index contributed by atoms with van der Waals surface area (Å²) in [4.78, 5) is 12.0. The minimum Gasteiger partial charge on any atom is -0.399 e. The summed E-state index contributed by atoms with van der Waals surface area (Å²) in [6.45, 7) is 1.75. The minimum absolute atomic E-state index is 0.0379. The van der Waals surface area contributed by atoms with E-state index in [1.54, 1.807) is 25.1 Å². The molecule has 3 nitrogen and oxygen atoms in total. The Labute approximate surface area is 115 Å². The number of halogens is 2. The molecule has 0 radical (unpaired) electrons. The van der Waals surface area contributed by atoms with E-state index < -0.39 is 11.7 Å². The van der Waals surface area contributed by atoms with Crippen LogP contribution in [0.4, 0.5) is 15.8 Å². The van der Waals surface area contributed by atoms with Crippen LogP contribution in [0.25, 0.3) is 0 Å². The Morgan fingerprint density at radius 1 is 1.26 bits per heavy atom. The molecule has 98 valence electrons. The highest BCUT2D eigenvalue weighted by atomic mass is 35.5. The van der Waals surface area contributed by atoms with Crippen molar-refractivity contribution >= 4 is 28.9 Å². The van der Waals surface area contributed by atoms with Gasteiger partial charge in [-0.3, -0.25) is 4.79 Å². The molecule has 0 spiro atoms. The molecule has 19 heavy (non-hydrogen) atoms. The van der Waals surface area contributed by atoms with Crippen LogP contribution in [0, 0.1) is 12.7 Å². The second-order valence-corrected chi connectivity index (χ2v) is 4.58. The van der Waals surface area contributed by atoms with Crippen molar-refractivity contribution in [3.8, 4) is 0 Å². The lowest BCUT2D eigenvalue weighted by molar-refractivity contribution is 0.102. The van der Waals surface area contributed by atoms with Crippen LogP contribution in [0.5, 0.6) is 0 Å². The molecule has 0 atom stereocenters. The number of nitrogen functional groups attached to an aromatic ring is 1. The summed E-state index contributed by atoms with van der Waals surface area (Å²) in [6.07, 6.45) is 0. The van der Waals surface area contributed by atoms with Crippen LogP contribution in [0.1, 0.15) is 15.9 Å². The van der Waals surface area contributed by atoms with E-state index in [0.717, 1.165) is 5.56 Å². The van der Waals surface area contributed by atoms with Crippen molar-refractivity contribution in [2.75, 3.05) is 11.1 Å². The summed E-state index contributed by atoms with van der Waals surface area (Å²) in [6, 6.07) is 9.10. The van der Waals surface area contributed by atoms with Gasteiger partial charge in [-0.1, -0.05) is 17.7 Å². The first-order valence-electron chi connectivity index (χ1n) is 5.60. The van der Waals surface area contributed by atoms with E-state index in [1.807, 2.05) is 0 Å². The Balaban J connectivity index is 2.28. The zero-order chi connectivity index (χ0) is 14.0. The molecule has 0 saturated carbocycles. The molecule has 2 aromatic rings. The number of nitrogens with two attached hydrogens (primary N) is 1. The van der Waals surface area contributed by atoms with E-state index >= 15 is 0 Å². The molecule has 2 rings (SSSR count). The zero-order valence-electron chi connectivity index (χ0n) is 10.2. The molecule has 3 N–H and O–H groups in total. The standard InChI is InChI=1S/C14H12ClFN2O/c1-8-2-4-10(12(16)6-8)14(19)18-13-7-9(17)3-5-11(13)15/h2-7H,17H2,1H3,(H,18,19). The lowest BCUT2D eigenvalue weighted by Gasteiger charge is -2.09. The lowest BCUT2D eigenvalue weighted by atomic mass is 10.1. The fraction of sp³-hybridized carbons (Fsp3) is 0.0714. The average Bonchev–Trinajstić information content (AvgIpc) is 2.33. The van der Waals surface area contributed by atoms with Crippen LogP contribution in [0.2, 0.25) is 5.02 Å². The molecule has 0 unspecified atom stereocenters. The molecular formula is C14H12ClFN2O. The summed E-state index contributed by atoms with van der Waals surface area (Å²) in [5, 5.41) is 2.88. The summed E-state index contributed by atoms with van der Waals surface area (Å²) in [7, 11) is 0. The Hall–Kier alpha value is -2.07. The summed E-state index contributed by atoms with van der Waals surface area (Å²) >= 11 is 5.93. The van der Waals surface area contributed by atoms with Crippen molar-refractivity contribution in [1.29, 1.82) is 0 Å². The summed E-state index contributed by atoms with van der Waals surface area (Å²) in [5.74, 6) is -1.14. The van der Waals surface area contributed by atoms with Crippen molar-refractivity contribution in [1.82, 2.24) is 0 Å². The van der Waals surface area contributed by atoms with E-state index in [1.165, 1.54) is 18.2 Å². The van der Waals surface area contributed by atoms with Crippen LogP contribution in [-0.4, -0.2) is 5.91 Å². The molecule has 5 heteroatoms. The highest BCUT2D eigenvalue weighted by molar-refractivity contribution is 6.34. The van der Waals surface area contributed by atoms with Crippen LogP contribution < -0.4 is 11.1 Å². The smallest absolute Gasteiger partial charge is 0.258 e. The molecule has 2 aromatic carbocycles. The number of nitrogens with one attached hydrogen (secondary N) is 1. The van der Waals surface area contributed by atoms with Gasteiger partial charge in [0.15, 0.2) is 0 Å². The highest BCUT2D eigenvalue weighted by Crippen LogP contribution is 2.25. The number of benzene rings is 2. The van der Waals surface area contributed by atoms with Gasteiger partial charge in [0.2, 0.25) is 0 Å². The predicted octanol–water partition coefficient (Wildman–Crippen LogP) is 3.62. The van der Waals surface area contributed by atoms with Crippen molar-refractivity contribution in [3.63, 3.8) is 0 Å². The molecule has 0 bridgehead atoms. The maximum absolute atomic E-state index is 13.7. The van der Waals surface area contributed by atoms with Gasteiger partial charge in [0.1, 0.15) is 5.82 Å². The normalized spacial score (nSPS) is 10.3. The maximum atomic E-state index is 13.7. The minimum atomic E-state index is -0.572. The number of hydrogen-bond acceptors (Lipinski definition) is 2. The molecule has 0 fully saturated rings. The van der Waals surface area contributed by atoms with Gasteiger partial charge in [-0.25, -0.2) is 4.39 Å². The molecule has 0 saturated heterocycles. The third-order valence-corrected chi connectivity index (χ3v) is 2.94. The molecule has 0 aliphatic heterocycles. The SMILES string of the molecule is Cc1ccc(C(=O)Nc2cc(N)ccc2Cl)c(F)c1. The first kappa shape index (κ1) is 13.4. The van der Waals surface area contributed by atoms with Gasteiger partial charge in [-0.15, -0.1) is 0 Å². The van der Waals surface area contributed by atoms with Gasteiger partial charge in [-0.05, 0) is 42.8 Å². The van der Waals surface area contributed by atoms with Gasteiger partial charge in [0.25, 0.3) is 5.91 Å². The maximum Gasteiger partial charge on any atom is 0.258 e. The number of hydrogen-bond donors (Lipinski definition) is 2. The van der Waals surface area contributed by atoms with Gasteiger partial charge in [0, 0.05) is 5.69 Å². The van der Waals surface area contributed by atoms with E-state index in [-0.39, 0.29) is 5.56 Å². The van der Waals surface area contributed by atoms with Crippen molar-refractivity contribution in [3.05, 3.63) is 58.4 Å². The predicted molar refractivity (Wildman–Crippen MR) is 75.0 cm³/mol. The van der Waals surface area contributed by atoms with Crippen molar-refractivity contribution < 1.29 is 9.18 Å². The van der Waals surface area contributed by atoms with Gasteiger partial charge >= 0.3 is 0 Å². The van der Waals surface area contributed by atoms with E-state index in [9.17, 15) is 9.18 Å². The summed E-state index contributed by atoms with van der Waals surface area (Å²) < 4.78 is 13.7. The zero-order valence-corrected chi connectivity index (χ0v) is 11.0. The third kappa shape index (κ3) is 3.03.